The Morgan fingerprint density at radius 1 is 1.67 bits per heavy atom. The lowest BCUT2D eigenvalue weighted by Crippen LogP contribution is -2.38. The van der Waals surface area contributed by atoms with Gasteiger partial charge in [-0.05, 0) is 30.7 Å². The summed E-state index contributed by atoms with van der Waals surface area (Å²) in [5.41, 5.74) is 5.83. The van der Waals surface area contributed by atoms with E-state index in [0.717, 1.165) is 10.0 Å². The maximum atomic E-state index is 12.9. The summed E-state index contributed by atoms with van der Waals surface area (Å²) in [6.45, 7) is 2.05. The van der Waals surface area contributed by atoms with Crippen LogP contribution in [-0.4, -0.2) is 11.9 Å². The highest BCUT2D eigenvalue weighted by Crippen LogP contribution is 2.17. The summed E-state index contributed by atoms with van der Waals surface area (Å²) in [5.74, 6) is -0.732. The predicted octanol–water partition coefficient (Wildman–Crippen LogP) is 1.55. The number of carbonyl (C=O) groups excluding carboxylic acids is 1. The van der Waals surface area contributed by atoms with Crippen LogP contribution in [0.25, 0.3) is 0 Å². The Balaban J connectivity index is 2.65. The largest absolute Gasteiger partial charge is 0.368 e. The van der Waals surface area contributed by atoms with Gasteiger partial charge in [-0.1, -0.05) is 15.9 Å². The molecular formula is C10H12BrFN2O. The van der Waals surface area contributed by atoms with E-state index >= 15 is 0 Å². The predicted molar refractivity (Wildman–Crippen MR) is 59.6 cm³/mol. The van der Waals surface area contributed by atoms with Crippen molar-refractivity contribution in [3.63, 3.8) is 0 Å². The third-order valence-corrected chi connectivity index (χ3v) is 2.81. The van der Waals surface area contributed by atoms with E-state index in [1.165, 1.54) is 12.1 Å². The van der Waals surface area contributed by atoms with Gasteiger partial charge >= 0.3 is 0 Å². The summed E-state index contributed by atoms with van der Waals surface area (Å²) in [5, 5.41) is 2.90. The minimum atomic E-state index is -0.430. The van der Waals surface area contributed by atoms with Crippen molar-refractivity contribution in [2.45, 2.75) is 19.5 Å². The van der Waals surface area contributed by atoms with E-state index in [2.05, 4.69) is 21.2 Å². The average Bonchev–Trinajstić information content (AvgIpc) is 2.18. The highest BCUT2D eigenvalue weighted by atomic mass is 79.9. The molecule has 1 amide bonds. The number of primary amides is 1. The molecule has 0 aliphatic carbocycles. The van der Waals surface area contributed by atoms with Gasteiger partial charge in [0.15, 0.2) is 0 Å². The molecule has 0 fully saturated rings. The molecule has 0 unspecified atom stereocenters. The molecule has 0 saturated heterocycles. The average molecular weight is 275 g/mol. The van der Waals surface area contributed by atoms with Gasteiger partial charge in [0.1, 0.15) is 5.82 Å². The first-order valence-corrected chi connectivity index (χ1v) is 5.26. The van der Waals surface area contributed by atoms with E-state index < -0.39 is 11.9 Å². The van der Waals surface area contributed by atoms with E-state index in [0.29, 0.717) is 6.54 Å². The van der Waals surface area contributed by atoms with Gasteiger partial charge in [-0.3, -0.25) is 4.79 Å². The summed E-state index contributed by atoms with van der Waals surface area (Å²) in [4.78, 5) is 10.7. The Morgan fingerprint density at radius 2 is 2.33 bits per heavy atom. The number of benzene rings is 1. The number of nitrogens with one attached hydrogen (secondary N) is 1. The zero-order valence-electron chi connectivity index (χ0n) is 8.26. The first-order valence-electron chi connectivity index (χ1n) is 4.47. The van der Waals surface area contributed by atoms with Gasteiger partial charge in [-0.2, -0.15) is 0 Å². The molecule has 0 spiro atoms. The van der Waals surface area contributed by atoms with Crippen molar-refractivity contribution in [2.24, 2.45) is 5.73 Å². The highest BCUT2D eigenvalue weighted by molar-refractivity contribution is 9.10. The number of amides is 1. The van der Waals surface area contributed by atoms with E-state index in [-0.39, 0.29) is 5.82 Å². The molecule has 15 heavy (non-hydrogen) atoms. The minimum Gasteiger partial charge on any atom is -0.368 e. The quantitative estimate of drug-likeness (QED) is 0.876. The standard InChI is InChI=1S/C10H12BrFN2O/c1-6(10(13)15)14-5-7-4-8(12)2-3-9(7)11/h2-4,6,14H,5H2,1H3,(H2,13,15)/t6-/m0/s1. The second-order valence-electron chi connectivity index (χ2n) is 3.24. The Hall–Kier alpha value is -0.940. The van der Waals surface area contributed by atoms with Gasteiger partial charge in [0, 0.05) is 11.0 Å². The van der Waals surface area contributed by atoms with E-state index in [4.69, 9.17) is 5.73 Å². The van der Waals surface area contributed by atoms with Crippen LogP contribution in [0, 0.1) is 5.82 Å². The molecule has 0 radical (unpaired) electrons. The fraction of sp³-hybridized carbons (Fsp3) is 0.300. The van der Waals surface area contributed by atoms with Crippen molar-refractivity contribution < 1.29 is 9.18 Å². The number of rotatable bonds is 4. The van der Waals surface area contributed by atoms with E-state index in [1.54, 1.807) is 13.0 Å². The Kier molecular flexibility index (Phi) is 4.23. The fourth-order valence-corrected chi connectivity index (χ4v) is 1.43. The number of halogens is 2. The van der Waals surface area contributed by atoms with Gasteiger partial charge in [-0.15, -0.1) is 0 Å². The number of nitrogens with two attached hydrogens (primary N) is 1. The first kappa shape index (κ1) is 12.1. The molecule has 0 aromatic heterocycles. The smallest absolute Gasteiger partial charge is 0.234 e. The van der Waals surface area contributed by atoms with Crippen LogP contribution in [0.4, 0.5) is 4.39 Å². The Morgan fingerprint density at radius 3 is 2.93 bits per heavy atom. The van der Waals surface area contributed by atoms with Crippen LogP contribution in [0.1, 0.15) is 12.5 Å². The zero-order chi connectivity index (χ0) is 11.4. The van der Waals surface area contributed by atoms with Gasteiger partial charge in [0.2, 0.25) is 5.91 Å². The van der Waals surface area contributed by atoms with Crippen molar-refractivity contribution in [3.05, 3.63) is 34.1 Å². The lowest BCUT2D eigenvalue weighted by atomic mass is 10.2. The second kappa shape index (κ2) is 5.23. The number of carbonyl (C=O) groups is 1. The van der Waals surface area contributed by atoms with Crippen molar-refractivity contribution in [1.29, 1.82) is 0 Å². The maximum absolute atomic E-state index is 12.9. The first-order chi connectivity index (χ1) is 7.00. The number of hydrogen-bond acceptors (Lipinski definition) is 2. The summed E-state index contributed by atoms with van der Waals surface area (Å²) in [6, 6.07) is 3.97. The van der Waals surface area contributed by atoms with Crippen LogP contribution in [0.2, 0.25) is 0 Å². The molecule has 5 heteroatoms. The molecule has 0 heterocycles. The van der Waals surface area contributed by atoms with Crippen molar-refractivity contribution >= 4 is 21.8 Å². The van der Waals surface area contributed by atoms with Crippen molar-refractivity contribution in [3.8, 4) is 0 Å². The van der Waals surface area contributed by atoms with Gasteiger partial charge in [-0.25, -0.2) is 4.39 Å². The highest BCUT2D eigenvalue weighted by Gasteiger charge is 2.08. The Bertz CT molecular complexity index is 370. The van der Waals surface area contributed by atoms with Crippen molar-refractivity contribution in [1.82, 2.24) is 5.32 Å². The molecule has 1 rings (SSSR count). The maximum Gasteiger partial charge on any atom is 0.234 e. The summed E-state index contributed by atoms with van der Waals surface area (Å²) < 4.78 is 13.7. The lowest BCUT2D eigenvalue weighted by Gasteiger charge is -2.11. The molecule has 1 aromatic carbocycles. The third-order valence-electron chi connectivity index (χ3n) is 2.03. The van der Waals surface area contributed by atoms with Crippen LogP contribution in [-0.2, 0) is 11.3 Å². The van der Waals surface area contributed by atoms with Gasteiger partial charge in [0.25, 0.3) is 0 Å². The summed E-state index contributed by atoms with van der Waals surface area (Å²) >= 11 is 3.29. The van der Waals surface area contributed by atoms with Gasteiger partial charge in [0.05, 0.1) is 6.04 Å². The number of hydrogen-bond donors (Lipinski definition) is 2. The molecule has 0 saturated carbocycles. The van der Waals surface area contributed by atoms with Crippen LogP contribution < -0.4 is 11.1 Å². The molecule has 0 bridgehead atoms. The minimum absolute atomic E-state index is 0.304. The molecule has 0 aliphatic rings. The van der Waals surface area contributed by atoms with Gasteiger partial charge < -0.3 is 11.1 Å². The van der Waals surface area contributed by atoms with E-state index in [1.807, 2.05) is 0 Å². The van der Waals surface area contributed by atoms with Crippen LogP contribution in [0.15, 0.2) is 22.7 Å². The van der Waals surface area contributed by atoms with Crippen LogP contribution in [0.3, 0.4) is 0 Å². The zero-order valence-corrected chi connectivity index (χ0v) is 9.84. The lowest BCUT2D eigenvalue weighted by molar-refractivity contribution is -0.119. The summed E-state index contributed by atoms with van der Waals surface area (Å²) in [7, 11) is 0. The topological polar surface area (TPSA) is 55.1 Å². The van der Waals surface area contributed by atoms with Crippen molar-refractivity contribution in [2.75, 3.05) is 0 Å². The summed E-state index contributed by atoms with van der Waals surface area (Å²) in [6.07, 6.45) is 0. The van der Waals surface area contributed by atoms with E-state index in [9.17, 15) is 9.18 Å². The third kappa shape index (κ3) is 3.60. The molecule has 3 N–H and O–H groups in total. The second-order valence-corrected chi connectivity index (χ2v) is 4.10. The molecule has 82 valence electrons. The molecule has 3 nitrogen and oxygen atoms in total. The van der Waals surface area contributed by atoms with Crippen LogP contribution in [0.5, 0.6) is 0 Å². The SMILES string of the molecule is C[C@H](NCc1cc(F)ccc1Br)C(N)=O. The molecule has 1 atom stereocenters. The Labute approximate surface area is 96.0 Å². The normalized spacial score (nSPS) is 12.5. The molecular weight excluding hydrogens is 263 g/mol. The molecule has 0 aliphatic heterocycles. The van der Waals surface area contributed by atoms with Crippen LogP contribution >= 0.6 is 15.9 Å². The monoisotopic (exact) mass is 274 g/mol. The fourth-order valence-electron chi connectivity index (χ4n) is 1.04. The molecule has 1 aromatic rings.